The van der Waals surface area contributed by atoms with Gasteiger partial charge in [-0.1, -0.05) is 0 Å². The van der Waals surface area contributed by atoms with Gasteiger partial charge in [-0.05, 0) is 45.6 Å². The number of nitrogens with zero attached hydrogens (tertiary/aromatic N) is 3. The Morgan fingerprint density at radius 3 is 2.90 bits per heavy atom. The van der Waals surface area contributed by atoms with Crippen LogP contribution in [0, 0.1) is 19.8 Å². The van der Waals surface area contributed by atoms with Gasteiger partial charge in [0.05, 0.1) is 30.8 Å². The summed E-state index contributed by atoms with van der Waals surface area (Å²) in [6.07, 6.45) is 4.28. The third-order valence-electron chi connectivity index (χ3n) is 4.68. The van der Waals surface area contributed by atoms with Crippen molar-refractivity contribution in [1.29, 1.82) is 0 Å². The van der Waals surface area contributed by atoms with Crippen LogP contribution in [0.25, 0.3) is 0 Å². The second kappa shape index (κ2) is 6.18. The van der Waals surface area contributed by atoms with Crippen molar-refractivity contribution in [2.75, 3.05) is 19.8 Å². The van der Waals surface area contributed by atoms with Gasteiger partial charge in [-0.3, -0.25) is 9.48 Å². The Kier molecular flexibility index (Phi) is 4.29. The molecule has 116 valence electrons. The fourth-order valence-corrected chi connectivity index (χ4v) is 3.50. The summed E-state index contributed by atoms with van der Waals surface area (Å²) in [5.41, 5.74) is 2.22. The Bertz CT molecular complexity index is 506. The summed E-state index contributed by atoms with van der Waals surface area (Å²) in [5.74, 6) is 0.366. The molecule has 0 aromatic carbocycles. The van der Waals surface area contributed by atoms with Gasteiger partial charge in [0.2, 0.25) is 5.91 Å². The molecule has 21 heavy (non-hydrogen) atoms. The highest BCUT2D eigenvalue weighted by Crippen LogP contribution is 2.24. The van der Waals surface area contributed by atoms with E-state index in [1.54, 1.807) is 0 Å². The lowest BCUT2D eigenvalue weighted by Gasteiger charge is -2.37. The van der Waals surface area contributed by atoms with Crippen molar-refractivity contribution in [2.45, 2.75) is 52.1 Å². The number of carbonyl (C=O) groups excluding carboxylic acids is 1. The van der Waals surface area contributed by atoms with Crippen molar-refractivity contribution in [2.24, 2.45) is 5.92 Å². The molecular formula is C16H25N3O2. The lowest BCUT2D eigenvalue weighted by atomic mass is 9.98. The summed E-state index contributed by atoms with van der Waals surface area (Å²) < 4.78 is 7.43. The number of ether oxygens (including phenoxy) is 1. The maximum atomic E-state index is 12.7. The quantitative estimate of drug-likeness (QED) is 0.855. The molecule has 0 unspecified atom stereocenters. The molecule has 5 heteroatoms. The van der Waals surface area contributed by atoms with Crippen LogP contribution in [0.2, 0.25) is 0 Å². The van der Waals surface area contributed by atoms with Crippen LogP contribution in [0.1, 0.15) is 37.1 Å². The molecule has 2 aliphatic heterocycles. The van der Waals surface area contributed by atoms with Gasteiger partial charge in [0.15, 0.2) is 0 Å². The Labute approximate surface area is 126 Å². The topological polar surface area (TPSA) is 47.4 Å². The molecule has 5 nitrogen and oxygen atoms in total. The van der Waals surface area contributed by atoms with E-state index in [0.717, 1.165) is 44.7 Å². The number of carbonyl (C=O) groups is 1. The zero-order chi connectivity index (χ0) is 14.8. The molecular weight excluding hydrogens is 266 g/mol. The second-order valence-electron chi connectivity index (χ2n) is 6.35. The van der Waals surface area contributed by atoms with Crippen LogP contribution >= 0.6 is 0 Å². The van der Waals surface area contributed by atoms with Gasteiger partial charge in [0.25, 0.3) is 0 Å². The first-order chi connectivity index (χ1) is 10.1. The molecule has 1 amide bonds. The fourth-order valence-electron chi connectivity index (χ4n) is 3.50. The minimum absolute atomic E-state index is 0.0751. The van der Waals surface area contributed by atoms with Gasteiger partial charge >= 0.3 is 0 Å². The van der Waals surface area contributed by atoms with Gasteiger partial charge in [0.1, 0.15) is 0 Å². The smallest absolute Gasteiger partial charge is 0.228 e. The first kappa shape index (κ1) is 14.6. The molecule has 0 N–H and O–H groups in total. The Hall–Kier alpha value is -1.36. The standard InChI is InChI=1S/C16H25N3O2/c1-12-9-13(2)19(17-12)10-15-5-3-4-7-18(15)16(20)14-6-8-21-11-14/h9,14-15H,3-8,10-11H2,1-2H3/t14-,15-/m0/s1. The lowest BCUT2D eigenvalue weighted by Crippen LogP contribution is -2.48. The van der Waals surface area contributed by atoms with E-state index in [4.69, 9.17) is 4.74 Å². The van der Waals surface area contributed by atoms with E-state index in [0.29, 0.717) is 12.5 Å². The number of hydrogen-bond acceptors (Lipinski definition) is 3. The molecule has 0 radical (unpaired) electrons. The molecule has 0 spiro atoms. The number of aryl methyl sites for hydroxylation is 2. The molecule has 3 heterocycles. The monoisotopic (exact) mass is 291 g/mol. The molecule has 3 rings (SSSR count). The van der Waals surface area contributed by atoms with Crippen LogP contribution in [-0.2, 0) is 16.1 Å². The minimum Gasteiger partial charge on any atom is -0.381 e. The molecule has 2 aliphatic rings. The van der Waals surface area contributed by atoms with E-state index >= 15 is 0 Å². The number of aromatic nitrogens is 2. The third kappa shape index (κ3) is 3.12. The molecule has 1 aromatic rings. The summed E-state index contributed by atoms with van der Waals surface area (Å²) in [7, 11) is 0. The lowest BCUT2D eigenvalue weighted by molar-refractivity contribution is -0.139. The van der Waals surface area contributed by atoms with Crippen molar-refractivity contribution in [1.82, 2.24) is 14.7 Å². The Morgan fingerprint density at radius 1 is 1.38 bits per heavy atom. The molecule has 0 aliphatic carbocycles. The van der Waals surface area contributed by atoms with E-state index < -0.39 is 0 Å². The second-order valence-corrected chi connectivity index (χ2v) is 6.35. The van der Waals surface area contributed by atoms with Gasteiger partial charge in [-0.2, -0.15) is 5.10 Å². The van der Waals surface area contributed by atoms with E-state index in [1.807, 2.05) is 6.92 Å². The van der Waals surface area contributed by atoms with E-state index in [1.165, 1.54) is 12.1 Å². The summed E-state index contributed by atoms with van der Waals surface area (Å²) in [6, 6.07) is 2.38. The zero-order valence-corrected chi connectivity index (χ0v) is 13.0. The van der Waals surface area contributed by atoms with Gasteiger partial charge in [-0.15, -0.1) is 0 Å². The van der Waals surface area contributed by atoms with Crippen LogP contribution in [0.15, 0.2) is 6.07 Å². The third-order valence-corrected chi connectivity index (χ3v) is 4.68. The SMILES string of the molecule is Cc1cc(C)n(C[C@@H]2CCCCN2C(=O)[C@H]2CCOC2)n1. The van der Waals surface area contributed by atoms with Crippen molar-refractivity contribution in [3.05, 3.63) is 17.5 Å². The highest BCUT2D eigenvalue weighted by molar-refractivity contribution is 5.79. The fraction of sp³-hybridized carbons (Fsp3) is 0.750. The molecule has 0 bridgehead atoms. The van der Waals surface area contributed by atoms with Crippen molar-refractivity contribution < 1.29 is 9.53 Å². The number of likely N-dealkylation sites (tertiary alicyclic amines) is 1. The summed E-state index contributed by atoms with van der Waals surface area (Å²) in [4.78, 5) is 14.8. The van der Waals surface area contributed by atoms with Gasteiger partial charge in [0, 0.05) is 18.8 Å². The van der Waals surface area contributed by atoms with Crippen LogP contribution < -0.4 is 0 Å². The predicted molar refractivity (Wildman–Crippen MR) is 80.0 cm³/mol. The summed E-state index contributed by atoms with van der Waals surface area (Å²) in [5, 5.41) is 4.55. The highest BCUT2D eigenvalue weighted by Gasteiger charge is 2.33. The van der Waals surface area contributed by atoms with E-state index in [2.05, 4.69) is 27.7 Å². The number of hydrogen-bond donors (Lipinski definition) is 0. The Morgan fingerprint density at radius 2 is 2.24 bits per heavy atom. The van der Waals surface area contributed by atoms with Crippen LogP contribution in [0.5, 0.6) is 0 Å². The average molecular weight is 291 g/mol. The number of piperidine rings is 1. The van der Waals surface area contributed by atoms with Crippen molar-refractivity contribution >= 4 is 5.91 Å². The maximum absolute atomic E-state index is 12.7. The summed E-state index contributed by atoms with van der Waals surface area (Å²) in [6.45, 7) is 7.13. The van der Waals surface area contributed by atoms with Gasteiger partial charge in [-0.25, -0.2) is 0 Å². The maximum Gasteiger partial charge on any atom is 0.228 e. The highest BCUT2D eigenvalue weighted by atomic mass is 16.5. The molecule has 1 aromatic heterocycles. The number of amides is 1. The Balaban J connectivity index is 1.71. The first-order valence-corrected chi connectivity index (χ1v) is 8.04. The molecule has 2 fully saturated rings. The zero-order valence-electron chi connectivity index (χ0n) is 13.0. The molecule has 0 saturated carbocycles. The largest absolute Gasteiger partial charge is 0.381 e. The average Bonchev–Trinajstić information content (AvgIpc) is 3.09. The van der Waals surface area contributed by atoms with Crippen molar-refractivity contribution in [3.63, 3.8) is 0 Å². The van der Waals surface area contributed by atoms with Crippen molar-refractivity contribution in [3.8, 4) is 0 Å². The van der Waals surface area contributed by atoms with Crippen LogP contribution in [0.3, 0.4) is 0 Å². The molecule has 2 saturated heterocycles. The summed E-state index contributed by atoms with van der Waals surface area (Å²) >= 11 is 0. The van der Waals surface area contributed by atoms with E-state index in [9.17, 15) is 4.79 Å². The molecule has 2 atom stereocenters. The van der Waals surface area contributed by atoms with E-state index in [-0.39, 0.29) is 12.0 Å². The minimum atomic E-state index is 0.0751. The normalized spacial score (nSPS) is 26.3. The predicted octanol–water partition coefficient (Wildman–Crippen LogP) is 1.92. The van der Waals surface area contributed by atoms with Crippen LogP contribution in [-0.4, -0.2) is 46.4 Å². The number of rotatable bonds is 3. The first-order valence-electron chi connectivity index (χ1n) is 8.04. The van der Waals surface area contributed by atoms with Crippen LogP contribution in [0.4, 0.5) is 0 Å². The van der Waals surface area contributed by atoms with Gasteiger partial charge < -0.3 is 9.64 Å².